The first-order valence-corrected chi connectivity index (χ1v) is 4.72. The summed E-state index contributed by atoms with van der Waals surface area (Å²) in [6, 6.07) is 0.359. The Hall–Kier alpha value is -0.410. The molecule has 0 atom stereocenters. The first kappa shape index (κ1) is 9.68. The highest BCUT2D eigenvalue weighted by Gasteiger charge is 2.16. The molecule has 0 saturated carbocycles. The second kappa shape index (κ2) is 4.58. The lowest BCUT2D eigenvalue weighted by Crippen LogP contribution is -2.41. The van der Waals surface area contributed by atoms with Crippen LogP contribution in [0.4, 0.5) is 0 Å². The predicted molar refractivity (Wildman–Crippen MR) is 48.9 cm³/mol. The lowest BCUT2D eigenvalue weighted by Gasteiger charge is -2.29. The highest BCUT2D eigenvalue weighted by Crippen LogP contribution is 2.07. The molecule has 0 spiro atoms. The third kappa shape index (κ3) is 2.91. The minimum atomic E-state index is 0.338. The number of likely N-dealkylation sites (tertiary alicyclic amines) is 1. The standard InChI is InChI=1S/C9H18N2O/c1-2-9(12)7-11-5-3-8(10)4-6-11/h8H,2-7,10H2,1H3. The molecule has 0 amide bonds. The molecule has 2 N–H and O–H groups in total. The molecule has 12 heavy (non-hydrogen) atoms. The minimum Gasteiger partial charge on any atom is -0.328 e. The van der Waals surface area contributed by atoms with Crippen LogP contribution in [0.2, 0.25) is 0 Å². The van der Waals surface area contributed by atoms with Crippen LogP contribution in [-0.4, -0.2) is 36.4 Å². The van der Waals surface area contributed by atoms with Gasteiger partial charge in [0.25, 0.3) is 0 Å². The van der Waals surface area contributed by atoms with E-state index in [9.17, 15) is 4.79 Å². The van der Waals surface area contributed by atoms with Gasteiger partial charge in [-0.2, -0.15) is 0 Å². The fourth-order valence-corrected chi connectivity index (χ4v) is 1.47. The van der Waals surface area contributed by atoms with Crippen LogP contribution in [-0.2, 0) is 4.79 Å². The summed E-state index contributed by atoms with van der Waals surface area (Å²) in [7, 11) is 0. The van der Waals surface area contributed by atoms with Crippen LogP contribution in [0.5, 0.6) is 0 Å². The van der Waals surface area contributed by atoms with Crippen molar-refractivity contribution in [1.29, 1.82) is 0 Å². The number of nitrogens with two attached hydrogens (primary N) is 1. The maximum absolute atomic E-state index is 11.1. The van der Waals surface area contributed by atoms with E-state index in [4.69, 9.17) is 5.73 Å². The zero-order chi connectivity index (χ0) is 8.97. The van der Waals surface area contributed by atoms with Crippen molar-refractivity contribution in [2.75, 3.05) is 19.6 Å². The van der Waals surface area contributed by atoms with Crippen LogP contribution in [0.25, 0.3) is 0 Å². The zero-order valence-corrected chi connectivity index (χ0v) is 7.75. The molecule has 1 fully saturated rings. The van der Waals surface area contributed by atoms with Crippen molar-refractivity contribution in [2.24, 2.45) is 5.73 Å². The molecule has 0 bridgehead atoms. The van der Waals surface area contributed by atoms with Crippen molar-refractivity contribution in [3.05, 3.63) is 0 Å². The molecule has 0 radical (unpaired) electrons. The molecule has 1 heterocycles. The number of hydrogen-bond acceptors (Lipinski definition) is 3. The van der Waals surface area contributed by atoms with Crippen LogP contribution in [0.15, 0.2) is 0 Å². The quantitative estimate of drug-likeness (QED) is 0.666. The van der Waals surface area contributed by atoms with E-state index in [1.807, 2.05) is 6.92 Å². The van der Waals surface area contributed by atoms with Crippen LogP contribution >= 0.6 is 0 Å². The Bertz CT molecular complexity index is 151. The molecule has 1 rings (SSSR count). The summed E-state index contributed by atoms with van der Waals surface area (Å²) >= 11 is 0. The van der Waals surface area contributed by atoms with E-state index < -0.39 is 0 Å². The van der Waals surface area contributed by atoms with Crippen molar-refractivity contribution >= 4 is 5.78 Å². The Kier molecular flexibility index (Phi) is 3.69. The van der Waals surface area contributed by atoms with Crippen LogP contribution in [0.3, 0.4) is 0 Å². The molecule has 3 heteroatoms. The number of carbonyl (C=O) groups excluding carboxylic acids is 1. The second-order valence-electron chi connectivity index (χ2n) is 3.51. The van der Waals surface area contributed by atoms with E-state index >= 15 is 0 Å². The number of nitrogens with zero attached hydrogens (tertiary/aromatic N) is 1. The first-order valence-electron chi connectivity index (χ1n) is 4.72. The van der Waals surface area contributed by atoms with Crippen LogP contribution in [0, 0.1) is 0 Å². The van der Waals surface area contributed by atoms with E-state index in [-0.39, 0.29) is 0 Å². The Morgan fingerprint density at radius 2 is 2.08 bits per heavy atom. The maximum atomic E-state index is 11.1. The SMILES string of the molecule is CCC(=O)CN1CCC(N)CC1. The van der Waals surface area contributed by atoms with Gasteiger partial charge in [-0.25, -0.2) is 0 Å². The van der Waals surface area contributed by atoms with Gasteiger partial charge in [0.15, 0.2) is 0 Å². The van der Waals surface area contributed by atoms with E-state index in [0.717, 1.165) is 25.9 Å². The van der Waals surface area contributed by atoms with Gasteiger partial charge >= 0.3 is 0 Å². The first-order chi connectivity index (χ1) is 5.72. The highest BCUT2D eigenvalue weighted by molar-refractivity contribution is 5.80. The monoisotopic (exact) mass is 170 g/mol. The van der Waals surface area contributed by atoms with E-state index in [0.29, 0.717) is 24.8 Å². The molecule has 0 aromatic rings. The third-order valence-electron chi connectivity index (χ3n) is 2.43. The van der Waals surface area contributed by atoms with Gasteiger partial charge in [-0.3, -0.25) is 9.69 Å². The Balaban J connectivity index is 2.21. The number of rotatable bonds is 3. The van der Waals surface area contributed by atoms with Gasteiger partial charge in [0, 0.05) is 25.6 Å². The summed E-state index contributed by atoms with van der Waals surface area (Å²) in [6.45, 7) is 4.53. The van der Waals surface area contributed by atoms with Crippen molar-refractivity contribution in [3.8, 4) is 0 Å². The van der Waals surface area contributed by atoms with Gasteiger partial charge < -0.3 is 5.73 Å². The lowest BCUT2D eigenvalue weighted by atomic mass is 10.1. The average Bonchev–Trinajstić information content (AvgIpc) is 2.09. The smallest absolute Gasteiger partial charge is 0.146 e. The van der Waals surface area contributed by atoms with Crippen molar-refractivity contribution in [3.63, 3.8) is 0 Å². The predicted octanol–water partition coefficient (Wildman–Crippen LogP) is 0.389. The van der Waals surface area contributed by atoms with E-state index in [2.05, 4.69) is 4.90 Å². The number of Topliss-reactive ketones (excluding diaryl/α,β-unsaturated/α-hetero) is 1. The number of carbonyl (C=O) groups is 1. The molecule has 0 aromatic carbocycles. The summed E-state index contributed by atoms with van der Waals surface area (Å²) in [5, 5.41) is 0. The zero-order valence-electron chi connectivity index (χ0n) is 7.75. The maximum Gasteiger partial charge on any atom is 0.146 e. The summed E-state index contributed by atoms with van der Waals surface area (Å²) in [6.07, 6.45) is 2.73. The van der Waals surface area contributed by atoms with Gasteiger partial charge in [0.1, 0.15) is 5.78 Å². The number of ketones is 1. The molecular formula is C9H18N2O. The molecule has 0 unspecified atom stereocenters. The molecule has 1 aliphatic heterocycles. The van der Waals surface area contributed by atoms with Crippen LogP contribution < -0.4 is 5.73 Å². The van der Waals surface area contributed by atoms with Crippen molar-refractivity contribution in [2.45, 2.75) is 32.2 Å². The normalized spacial score (nSPS) is 21.2. The largest absolute Gasteiger partial charge is 0.328 e. The highest BCUT2D eigenvalue weighted by atomic mass is 16.1. The molecule has 1 saturated heterocycles. The number of piperidine rings is 1. The lowest BCUT2D eigenvalue weighted by molar-refractivity contribution is -0.120. The van der Waals surface area contributed by atoms with Crippen molar-refractivity contribution < 1.29 is 4.79 Å². The van der Waals surface area contributed by atoms with Crippen LogP contribution in [0.1, 0.15) is 26.2 Å². The summed E-state index contributed by atoms with van der Waals surface area (Å²) in [5.74, 6) is 0.338. The fraction of sp³-hybridized carbons (Fsp3) is 0.889. The molecule has 0 aromatic heterocycles. The minimum absolute atomic E-state index is 0.338. The van der Waals surface area contributed by atoms with Gasteiger partial charge in [0.2, 0.25) is 0 Å². The fourth-order valence-electron chi connectivity index (χ4n) is 1.47. The summed E-state index contributed by atoms with van der Waals surface area (Å²) < 4.78 is 0. The van der Waals surface area contributed by atoms with Gasteiger partial charge in [0.05, 0.1) is 6.54 Å². The van der Waals surface area contributed by atoms with Crippen molar-refractivity contribution in [1.82, 2.24) is 4.90 Å². The molecule has 3 nitrogen and oxygen atoms in total. The van der Waals surface area contributed by atoms with E-state index in [1.54, 1.807) is 0 Å². The Morgan fingerprint density at radius 3 is 2.58 bits per heavy atom. The summed E-state index contributed by atoms with van der Waals surface area (Å²) in [4.78, 5) is 13.3. The Morgan fingerprint density at radius 1 is 1.50 bits per heavy atom. The summed E-state index contributed by atoms with van der Waals surface area (Å²) in [5.41, 5.74) is 5.75. The third-order valence-corrected chi connectivity index (χ3v) is 2.43. The second-order valence-corrected chi connectivity index (χ2v) is 3.51. The average molecular weight is 170 g/mol. The Labute approximate surface area is 73.9 Å². The molecule has 0 aliphatic carbocycles. The van der Waals surface area contributed by atoms with E-state index in [1.165, 1.54) is 0 Å². The van der Waals surface area contributed by atoms with Gasteiger partial charge in [-0.15, -0.1) is 0 Å². The van der Waals surface area contributed by atoms with Gasteiger partial charge in [-0.1, -0.05) is 6.92 Å². The molecule has 1 aliphatic rings. The molecule has 70 valence electrons. The topological polar surface area (TPSA) is 46.3 Å². The van der Waals surface area contributed by atoms with Gasteiger partial charge in [-0.05, 0) is 12.8 Å². The number of hydrogen-bond donors (Lipinski definition) is 1. The molecular weight excluding hydrogens is 152 g/mol.